The molecule has 0 aromatic carbocycles. The highest BCUT2D eigenvalue weighted by molar-refractivity contribution is 7.85. The van der Waals surface area contributed by atoms with E-state index in [-0.39, 0.29) is 19.4 Å². The van der Waals surface area contributed by atoms with Crippen molar-refractivity contribution >= 4 is 22.1 Å². The number of aliphatic hydroxyl groups excluding tert-OH is 3. The van der Waals surface area contributed by atoms with Crippen LogP contribution >= 0.6 is 0 Å². The molecule has 0 spiro atoms. The zero-order chi connectivity index (χ0) is 36.3. The molecule has 12 nitrogen and oxygen atoms in total. The topological polar surface area (TPSA) is 186 Å². The van der Waals surface area contributed by atoms with Gasteiger partial charge in [0, 0.05) is 12.8 Å². The Bertz CT molecular complexity index is 1030. The van der Waals surface area contributed by atoms with Gasteiger partial charge in [0.2, 0.25) is 0 Å². The summed E-state index contributed by atoms with van der Waals surface area (Å²) in [6.45, 7) is 3.61. The summed E-state index contributed by atoms with van der Waals surface area (Å²) >= 11 is 0. The number of hydrogen-bond acceptors (Lipinski definition) is 11. The van der Waals surface area contributed by atoms with Gasteiger partial charge in [-0.25, -0.2) is 0 Å². The molecule has 0 amide bonds. The quantitative estimate of drug-likeness (QED) is 0.0319. The van der Waals surface area contributed by atoms with E-state index >= 15 is 0 Å². The average Bonchev–Trinajstić information content (AvgIpc) is 3.05. The average molecular weight is 721 g/mol. The zero-order valence-electron chi connectivity index (χ0n) is 29.8. The fourth-order valence-corrected chi connectivity index (χ4v) is 6.03. The number of unbranched alkanes of at least 4 members (excludes halogenated alkanes) is 13. The molecule has 286 valence electrons. The second-order valence-electron chi connectivity index (χ2n) is 12.9. The smallest absolute Gasteiger partial charge is 0.306 e. The summed E-state index contributed by atoms with van der Waals surface area (Å²) in [6.07, 6.45) is 16.9. The van der Waals surface area contributed by atoms with Gasteiger partial charge in [0.05, 0.1) is 6.61 Å². The van der Waals surface area contributed by atoms with Gasteiger partial charge in [-0.3, -0.25) is 14.1 Å². The highest BCUT2D eigenvalue weighted by Crippen LogP contribution is 2.24. The third-order valence-corrected chi connectivity index (χ3v) is 9.03. The van der Waals surface area contributed by atoms with Gasteiger partial charge >= 0.3 is 11.9 Å². The summed E-state index contributed by atoms with van der Waals surface area (Å²) in [5.74, 6) is -2.01. The number of allylic oxidation sites excluding steroid dienone is 4. The Kier molecular flexibility index (Phi) is 25.6. The molecule has 1 heterocycles. The first-order chi connectivity index (χ1) is 23.5. The van der Waals surface area contributed by atoms with Crippen LogP contribution < -0.4 is 0 Å². The summed E-state index contributed by atoms with van der Waals surface area (Å²) in [5, 5.41) is 30.6. The molecule has 0 aromatic heterocycles. The van der Waals surface area contributed by atoms with Crippen LogP contribution in [-0.4, -0.2) is 96.0 Å². The van der Waals surface area contributed by atoms with Gasteiger partial charge in [-0.2, -0.15) is 8.42 Å². The first-order valence-electron chi connectivity index (χ1n) is 18.4. The third kappa shape index (κ3) is 23.3. The molecule has 13 heteroatoms. The van der Waals surface area contributed by atoms with Gasteiger partial charge in [-0.1, -0.05) is 109 Å². The molecule has 6 atom stereocenters. The predicted octanol–water partition coefficient (Wildman–Crippen LogP) is 5.72. The number of esters is 2. The molecular weight excluding hydrogens is 656 g/mol. The van der Waals surface area contributed by atoms with E-state index in [1.807, 2.05) is 0 Å². The van der Waals surface area contributed by atoms with Crippen molar-refractivity contribution in [3.05, 3.63) is 24.3 Å². The molecule has 1 saturated heterocycles. The van der Waals surface area contributed by atoms with E-state index in [0.717, 1.165) is 70.6 Å². The van der Waals surface area contributed by atoms with Crippen LogP contribution in [0.2, 0.25) is 0 Å². The lowest BCUT2D eigenvalue weighted by molar-refractivity contribution is -0.297. The van der Waals surface area contributed by atoms with Crippen molar-refractivity contribution in [1.29, 1.82) is 0 Å². The summed E-state index contributed by atoms with van der Waals surface area (Å²) in [4.78, 5) is 25.1. The molecule has 1 aliphatic heterocycles. The van der Waals surface area contributed by atoms with E-state index < -0.39 is 71.2 Å². The Hall–Kier alpha value is -1.87. The largest absolute Gasteiger partial charge is 0.462 e. The fraction of sp³-hybridized carbons (Fsp3) is 0.833. The molecule has 1 rings (SSSR count). The molecule has 0 aliphatic carbocycles. The van der Waals surface area contributed by atoms with Crippen LogP contribution in [0.25, 0.3) is 0 Å². The van der Waals surface area contributed by atoms with Crippen molar-refractivity contribution in [2.75, 3.05) is 19.0 Å². The standard InChI is InChI=1S/C36H64O12S/c1-3-5-7-9-11-12-13-14-15-16-17-19-21-23-25-32(38)47-29(26-45-31(37)24-22-20-18-10-8-6-4-2)27-46-36-35(41)34(40)33(39)30(48-36)28-49(42,43)44/h9,11,13-14,29-30,33-36,39-41H,3-8,10,12,15-28H2,1-2H3,(H,42,43,44)/b11-9+,14-13+/t29-,30-,33-,34?,35?,36+/m1/s1. The molecule has 0 radical (unpaired) electrons. The number of ether oxygens (including phenoxy) is 4. The summed E-state index contributed by atoms with van der Waals surface area (Å²) in [5.41, 5.74) is 0. The zero-order valence-corrected chi connectivity index (χ0v) is 30.6. The lowest BCUT2D eigenvalue weighted by Crippen LogP contribution is -2.60. The molecule has 0 aromatic rings. The van der Waals surface area contributed by atoms with Gasteiger partial charge in [-0.15, -0.1) is 0 Å². The maximum atomic E-state index is 12.7. The number of carbonyl (C=O) groups excluding carboxylic acids is 2. The number of rotatable bonds is 29. The normalized spacial score (nSPS) is 22.1. The fourth-order valence-electron chi connectivity index (χ4n) is 5.34. The lowest BCUT2D eigenvalue weighted by Gasteiger charge is -2.40. The predicted molar refractivity (Wildman–Crippen MR) is 187 cm³/mol. The minimum absolute atomic E-state index is 0.149. The third-order valence-electron chi connectivity index (χ3n) is 8.28. The first-order valence-corrected chi connectivity index (χ1v) is 20.0. The van der Waals surface area contributed by atoms with Crippen molar-refractivity contribution in [3.63, 3.8) is 0 Å². The van der Waals surface area contributed by atoms with Gasteiger partial charge in [0.15, 0.2) is 12.4 Å². The van der Waals surface area contributed by atoms with Crippen molar-refractivity contribution < 1.29 is 56.8 Å². The first kappa shape index (κ1) is 45.2. The van der Waals surface area contributed by atoms with Crippen LogP contribution in [0.4, 0.5) is 0 Å². The highest BCUT2D eigenvalue weighted by Gasteiger charge is 2.46. The molecular formula is C36H64O12S. The van der Waals surface area contributed by atoms with Crippen LogP contribution in [0.5, 0.6) is 0 Å². The van der Waals surface area contributed by atoms with Gasteiger partial charge < -0.3 is 34.3 Å². The Morgan fingerprint density at radius 2 is 1.24 bits per heavy atom. The van der Waals surface area contributed by atoms with Crippen LogP contribution in [0, 0.1) is 0 Å². The molecule has 0 saturated carbocycles. The van der Waals surface area contributed by atoms with E-state index in [2.05, 4.69) is 38.2 Å². The summed E-state index contributed by atoms with van der Waals surface area (Å²) < 4.78 is 53.6. The molecule has 0 bridgehead atoms. The number of aliphatic hydroxyl groups is 3. The van der Waals surface area contributed by atoms with Crippen LogP contribution in [0.3, 0.4) is 0 Å². The Morgan fingerprint density at radius 3 is 1.86 bits per heavy atom. The van der Waals surface area contributed by atoms with Crippen LogP contribution in [0.1, 0.15) is 136 Å². The molecule has 1 aliphatic rings. The second kappa shape index (κ2) is 27.8. The number of carbonyl (C=O) groups is 2. The molecule has 4 N–H and O–H groups in total. The van der Waals surface area contributed by atoms with Crippen molar-refractivity contribution in [1.82, 2.24) is 0 Å². The van der Waals surface area contributed by atoms with Crippen LogP contribution in [0.15, 0.2) is 24.3 Å². The van der Waals surface area contributed by atoms with Crippen molar-refractivity contribution in [3.8, 4) is 0 Å². The minimum atomic E-state index is -4.59. The second-order valence-corrected chi connectivity index (χ2v) is 14.4. The Morgan fingerprint density at radius 1 is 0.694 bits per heavy atom. The lowest BCUT2D eigenvalue weighted by atomic mass is 10.00. The van der Waals surface area contributed by atoms with Crippen molar-refractivity contribution in [2.24, 2.45) is 0 Å². The Labute approximate surface area is 294 Å². The van der Waals surface area contributed by atoms with E-state index in [9.17, 15) is 37.9 Å². The van der Waals surface area contributed by atoms with Gasteiger partial charge in [0.1, 0.15) is 36.8 Å². The van der Waals surface area contributed by atoms with E-state index in [4.69, 9.17) is 18.9 Å². The SMILES string of the molecule is CCCC/C=C/C/C=C/CCCCCCCC(=O)O[C@H](COC(=O)CCCCCCCCC)CO[C@H]1O[C@H](CS(=O)(=O)O)[C@@H](O)C(O)C1O. The van der Waals surface area contributed by atoms with E-state index in [1.54, 1.807) is 0 Å². The number of hydrogen-bond donors (Lipinski definition) is 4. The molecule has 49 heavy (non-hydrogen) atoms. The summed E-state index contributed by atoms with van der Waals surface area (Å²) in [6, 6.07) is 0. The van der Waals surface area contributed by atoms with E-state index in [0.29, 0.717) is 12.8 Å². The van der Waals surface area contributed by atoms with E-state index in [1.165, 1.54) is 25.7 Å². The van der Waals surface area contributed by atoms with Gasteiger partial charge in [-0.05, 0) is 38.5 Å². The van der Waals surface area contributed by atoms with Gasteiger partial charge in [0.25, 0.3) is 10.1 Å². The molecule has 2 unspecified atom stereocenters. The van der Waals surface area contributed by atoms with Crippen molar-refractivity contribution in [2.45, 2.75) is 173 Å². The minimum Gasteiger partial charge on any atom is -0.462 e. The van der Waals surface area contributed by atoms with Crippen LogP contribution in [-0.2, 0) is 38.7 Å². The highest BCUT2D eigenvalue weighted by atomic mass is 32.2. The monoisotopic (exact) mass is 720 g/mol. The Balaban J connectivity index is 2.55. The summed E-state index contributed by atoms with van der Waals surface area (Å²) in [7, 11) is -4.59. The maximum absolute atomic E-state index is 12.7. The maximum Gasteiger partial charge on any atom is 0.306 e. The molecule has 1 fully saturated rings.